The van der Waals surface area contributed by atoms with Gasteiger partial charge in [0.1, 0.15) is 5.69 Å². The Morgan fingerprint density at radius 1 is 1.16 bits per heavy atom. The SMILES string of the molecule is CC(=O)c1ccc(N(C)Cc2ccc(C(F)(F)F)cc2)c([N+](=O)[O-])c1. The zero-order chi connectivity index (χ0) is 18.8. The van der Waals surface area contributed by atoms with Crippen molar-refractivity contribution in [3.8, 4) is 0 Å². The molecule has 2 rings (SSSR count). The molecule has 8 heteroatoms. The summed E-state index contributed by atoms with van der Waals surface area (Å²) in [6.45, 7) is 1.49. The van der Waals surface area contributed by atoms with Gasteiger partial charge >= 0.3 is 6.18 Å². The number of carbonyl (C=O) groups is 1. The first-order valence-electron chi connectivity index (χ1n) is 7.26. The van der Waals surface area contributed by atoms with Crippen molar-refractivity contribution in [1.29, 1.82) is 0 Å². The van der Waals surface area contributed by atoms with Crippen LogP contribution < -0.4 is 4.90 Å². The van der Waals surface area contributed by atoms with E-state index in [1.165, 1.54) is 37.3 Å². The molecule has 0 saturated heterocycles. The summed E-state index contributed by atoms with van der Waals surface area (Å²) in [6, 6.07) is 8.73. The second kappa shape index (κ2) is 6.92. The van der Waals surface area contributed by atoms with Crippen LogP contribution in [0.1, 0.15) is 28.4 Å². The number of nitro groups is 1. The highest BCUT2D eigenvalue weighted by Crippen LogP contribution is 2.31. The van der Waals surface area contributed by atoms with Crippen LogP contribution in [0.4, 0.5) is 24.5 Å². The van der Waals surface area contributed by atoms with Gasteiger partial charge in [0, 0.05) is 25.2 Å². The van der Waals surface area contributed by atoms with Crippen LogP contribution in [0.2, 0.25) is 0 Å². The van der Waals surface area contributed by atoms with Crippen LogP contribution in [-0.2, 0) is 12.7 Å². The fraction of sp³-hybridized carbons (Fsp3) is 0.235. The Morgan fingerprint density at radius 2 is 1.76 bits per heavy atom. The largest absolute Gasteiger partial charge is 0.416 e. The molecule has 0 bridgehead atoms. The molecule has 2 aromatic rings. The van der Waals surface area contributed by atoms with E-state index in [0.29, 0.717) is 5.56 Å². The van der Waals surface area contributed by atoms with Gasteiger partial charge in [-0.05, 0) is 36.8 Å². The van der Waals surface area contributed by atoms with Crippen molar-refractivity contribution >= 4 is 17.2 Å². The summed E-state index contributed by atoms with van der Waals surface area (Å²) in [4.78, 5) is 23.6. The van der Waals surface area contributed by atoms with Crippen molar-refractivity contribution in [3.63, 3.8) is 0 Å². The number of nitrogens with zero attached hydrogens (tertiary/aromatic N) is 2. The number of alkyl halides is 3. The third-order valence-electron chi connectivity index (χ3n) is 3.69. The number of rotatable bonds is 5. The molecule has 5 nitrogen and oxygen atoms in total. The number of nitro benzene ring substituents is 1. The minimum atomic E-state index is -4.41. The highest BCUT2D eigenvalue weighted by Gasteiger charge is 2.30. The van der Waals surface area contributed by atoms with Gasteiger partial charge in [0.25, 0.3) is 5.69 Å². The van der Waals surface area contributed by atoms with Gasteiger partial charge < -0.3 is 4.90 Å². The fourth-order valence-electron chi connectivity index (χ4n) is 2.37. The van der Waals surface area contributed by atoms with E-state index < -0.39 is 16.7 Å². The lowest BCUT2D eigenvalue weighted by Gasteiger charge is -2.20. The van der Waals surface area contributed by atoms with Gasteiger partial charge in [-0.3, -0.25) is 14.9 Å². The summed E-state index contributed by atoms with van der Waals surface area (Å²) < 4.78 is 37.7. The maximum Gasteiger partial charge on any atom is 0.416 e. The highest BCUT2D eigenvalue weighted by molar-refractivity contribution is 5.95. The third-order valence-corrected chi connectivity index (χ3v) is 3.69. The van der Waals surface area contributed by atoms with Gasteiger partial charge in [-0.1, -0.05) is 12.1 Å². The van der Waals surface area contributed by atoms with Crippen LogP contribution in [0.15, 0.2) is 42.5 Å². The summed E-state index contributed by atoms with van der Waals surface area (Å²) in [7, 11) is 1.59. The molecule has 0 atom stereocenters. The molecule has 0 aliphatic heterocycles. The normalized spacial score (nSPS) is 11.2. The van der Waals surface area contributed by atoms with Gasteiger partial charge in [0.15, 0.2) is 5.78 Å². The number of ketones is 1. The van der Waals surface area contributed by atoms with Gasteiger partial charge in [-0.25, -0.2) is 0 Å². The molecule has 0 amide bonds. The number of hydrogen-bond acceptors (Lipinski definition) is 4. The number of Topliss-reactive ketones (excluding diaryl/α,β-unsaturated/α-hetero) is 1. The Bertz CT molecular complexity index is 802. The topological polar surface area (TPSA) is 63.5 Å². The van der Waals surface area contributed by atoms with Gasteiger partial charge in [-0.2, -0.15) is 13.2 Å². The Morgan fingerprint density at radius 3 is 2.24 bits per heavy atom. The third kappa shape index (κ3) is 4.34. The van der Waals surface area contributed by atoms with Crippen LogP contribution in [0.3, 0.4) is 0 Å². The zero-order valence-corrected chi connectivity index (χ0v) is 13.5. The van der Waals surface area contributed by atoms with E-state index in [4.69, 9.17) is 0 Å². The number of hydrogen-bond donors (Lipinski definition) is 0. The Hall–Kier alpha value is -2.90. The Kier molecular flexibility index (Phi) is 5.10. The monoisotopic (exact) mass is 352 g/mol. The van der Waals surface area contributed by atoms with E-state index in [-0.39, 0.29) is 29.3 Å². The molecule has 0 spiro atoms. The van der Waals surface area contributed by atoms with E-state index >= 15 is 0 Å². The lowest BCUT2D eigenvalue weighted by Crippen LogP contribution is -2.18. The van der Waals surface area contributed by atoms with E-state index in [9.17, 15) is 28.1 Å². The molecule has 0 saturated carbocycles. The summed E-state index contributed by atoms with van der Waals surface area (Å²) in [5.74, 6) is -0.292. The van der Waals surface area contributed by atoms with Crippen LogP contribution in [0.25, 0.3) is 0 Å². The van der Waals surface area contributed by atoms with E-state index in [1.54, 1.807) is 11.9 Å². The van der Waals surface area contributed by atoms with E-state index in [2.05, 4.69) is 0 Å². The van der Waals surface area contributed by atoms with Crippen molar-refractivity contribution in [2.24, 2.45) is 0 Å². The molecule has 0 unspecified atom stereocenters. The van der Waals surface area contributed by atoms with Crippen molar-refractivity contribution in [2.75, 3.05) is 11.9 Å². The fourth-order valence-corrected chi connectivity index (χ4v) is 2.37. The first-order chi connectivity index (χ1) is 11.6. The molecule has 0 fully saturated rings. The summed E-state index contributed by atoms with van der Waals surface area (Å²) in [5, 5.41) is 11.3. The molecule has 0 radical (unpaired) electrons. The molecule has 0 aliphatic rings. The lowest BCUT2D eigenvalue weighted by molar-refractivity contribution is -0.384. The van der Waals surface area contributed by atoms with Gasteiger partial charge in [0.05, 0.1) is 10.5 Å². The smallest absolute Gasteiger partial charge is 0.365 e. The molecular formula is C17H15F3N2O3. The lowest BCUT2D eigenvalue weighted by atomic mass is 10.1. The zero-order valence-electron chi connectivity index (χ0n) is 13.5. The molecule has 0 aromatic heterocycles. The maximum absolute atomic E-state index is 12.6. The standard InChI is InChI=1S/C17H15F3N2O3/c1-11(23)13-5-8-15(16(9-13)22(24)25)21(2)10-12-3-6-14(7-4-12)17(18,19)20/h3-9H,10H2,1-2H3. The van der Waals surface area contributed by atoms with E-state index in [0.717, 1.165) is 12.1 Å². The average Bonchev–Trinajstić information content (AvgIpc) is 2.53. The van der Waals surface area contributed by atoms with E-state index in [1.807, 2.05) is 0 Å². The van der Waals surface area contributed by atoms with Crippen molar-refractivity contribution in [2.45, 2.75) is 19.6 Å². The summed E-state index contributed by atoms with van der Waals surface area (Å²) in [6.07, 6.45) is -4.41. The summed E-state index contributed by atoms with van der Waals surface area (Å²) >= 11 is 0. The van der Waals surface area contributed by atoms with Crippen LogP contribution in [-0.4, -0.2) is 17.8 Å². The number of benzene rings is 2. The predicted molar refractivity (Wildman–Crippen MR) is 86.7 cm³/mol. The molecule has 0 heterocycles. The predicted octanol–water partition coefficient (Wildman–Crippen LogP) is 4.45. The molecule has 0 N–H and O–H groups in total. The molecule has 132 valence electrons. The van der Waals surface area contributed by atoms with Crippen molar-refractivity contribution in [3.05, 3.63) is 69.3 Å². The molecule has 0 aliphatic carbocycles. The maximum atomic E-state index is 12.6. The van der Waals surface area contributed by atoms with Gasteiger partial charge in [-0.15, -0.1) is 0 Å². The quantitative estimate of drug-likeness (QED) is 0.453. The second-order valence-electron chi connectivity index (χ2n) is 5.57. The minimum absolute atomic E-state index is 0.179. The number of halogens is 3. The second-order valence-corrected chi connectivity index (χ2v) is 5.57. The number of anilines is 1. The average molecular weight is 352 g/mol. The molecule has 25 heavy (non-hydrogen) atoms. The van der Waals surface area contributed by atoms with Crippen LogP contribution >= 0.6 is 0 Å². The van der Waals surface area contributed by atoms with Crippen molar-refractivity contribution in [1.82, 2.24) is 0 Å². The summed E-state index contributed by atoms with van der Waals surface area (Å²) in [5.41, 5.74) is 0.0755. The highest BCUT2D eigenvalue weighted by atomic mass is 19.4. The van der Waals surface area contributed by atoms with Crippen molar-refractivity contribution < 1.29 is 22.9 Å². The molecular weight excluding hydrogens is 337 g/mol. The first-order valence-corrected chi connectivity index (χ1v) is 7.26. The minimum Gasteiger partial charge on any atom is -0.365 e. The molecule has 2 aromatic carbocycles. The number of carbonyl (C=O) groups excluding carboxylic acids is 1. The van der Waals surface area contributed by atoms with Crippen LogP contribution in [0.5, 0.6) is 0 Å². The first kappa shape index (κ1) is 18.4. The Labute approximate surface area is 141 Å². The van der Waals surface area contributed by atoms with Crippen LogP contribution in [0, 0.1) is 10.1 Å². The Balaban J connectivity index is 2.27. The van der Waals surface area contributed by atoms with Gasteiger partial charge in [0.2, 0.25) is 0 Å².